The van der Waals surface area contributed by atoms with Gasteiger partial charge in [0.15, 0.2) is 0 Å². The van der Waals surface area contributed by atoms with Crippen molar-refractivity contribution in [1.29, 1.82) is 0 Å². The van der Waals surface area contributed by atoms with Gasteiger partial charge in [0.1, 0.15) is 18.0 Å². The first-order valence-corrected chi connectivity index (χ1v) is 12.0. The molecule has 2 aliphatic heterocycles. The zero-order valence-electron chi connectivity index (χ0n) is 21.2. The van der Waals surface area contributed by atoms with Crippen LogP contribution in [0.3, 0.4) is 0 Å². The average molecular weight is 563 g/mol. The summed E-state index contributed by atoms with van der Waals surface area (Å²) in [6.07, 6.45) is -0.125. The quantitative estimate of drug-likeness (QED) is 0.149. The summed E-state index contributed by atoms with van der Waals surface area (Å²) in [4.78, 5) is 72.2. The molecule has 3 amide bonds. The van der Waals surface area contributed by atoms with E-state index in [-0.39, 0.29) is 108 Å². The van der Waals surface area contributed by atoms with Crippen LogP contribution < -0.4 is 80.0 Å². The number of carbonyl (C=O) groups excluding carboxylic acids is 6. The summed E-state index contributed by atoms with van der Waals surface area (Å²) < 4.78 is 4.84. The number of benzene rings is 1. The van der Waals surface area contributed by atoms with Crippen LogP contribution in [0.2, 0.25) is 0 Å². The van der Waals surface area contributed by atoms with Gasteiger partial charge in [0.25, 0.3) is 11.8 Å². The van der Waals surface area contributed by atoms with E-state index in [1.54, 1.807) is 18.2 Å². The standard InChI is InChI=1S/C23H25N3O9S.2Na/c1-12(27)35-10-14-11-36-21-17(20(30)26(21)18(14)23(33)34)25-16(28)9-5-8-15(22(31)32)24-19(29)13-6-3-2-4-7-13;;/h2-4,6-7,15,17,21H,5,8-11H2,1H3,(H,24,29)(H,25,28)(H,31,32)(H,33,34);;/q;2*+1/p-2/t15-,17?,21-;;/m1../s1. The fraction of sp³-hybridized carbons (Fsp3) is 0.391. The third kappa shape index (κ3) is 8.57. The summed E-state index contributed by atoms with van der Waals surface area (Å²) in [7, 11) is 0. The number of nitrogens with one attached hydrogen (secondary N) is 2. The number of aliphatic carboxylic acids is 2. The number of carboxylic acids is 2. The summed E-state index contributed by atoms with van der Waals surface area (Å²) in [6.45, 7) is 0.879. The van der Waals surface area contributed by atoms with Crippen molar-refractivity contribution in [3.8, 4) is 0 Å². The molecular formula is C23H23N3Na2O9S. The Bertz CT molecular complexity index is 1120. The van der Waals surface area contributed by atoms with Crippen LogP contribution in [-0.4, -0.2) is 70.3 Å². The molecule has 0 aromatic heterocycles. The molecule has 1 unspecified atom stereocenters. The number of nitrogens with zero attached hydrogens (tertiary/aromatic N) is 1. The van der Waals surface area contributed by atoms with Crippen LogP contribution in [0.15, 0.2) is 41.6 Å². The number of rotatable bonds is 11. The summed E-state index contributed by atoms with van der Waals surface area (Å²) in [6, 6.07) is 5.74. The molecule has 3 atom stereocenters. The zero-order valence-corrected chi connectivity index (χ0v) is 26.0. The van der Waals surface area contributed by atoms with E-state index in [0.29, 0.717) is 0 Å². The van der Waals surface area contributed by atoms with Crippen molar-refractivity contribution >= 4 is 47.4 Å². The number of carbonyl (C=O) groups is 6. The van der Waals surface area contributed by atoms with Gasteiger partial charge in [0, 0.05) is 30.2 Å². The zero-order chi connectivity index (χ0) is 26.4. The molecule has 1 aromatic carbocycles. The van der Waals surface area contributed by atoms with E-state index in [9.17, 15) is 39.0 Å². The van der Waals surface area contributed by atoms with E-state index in [1.165, 1.54) is 30.8 Å². The van der Waals surface area contributed by atoms with Gasteiger partial charge >= 0.3 is 65.1 Å². The van der Waals surface area contributed by atoms with E-state index in [4.69, 9.17) is 4.74 Å². The Labute approximate surface area is 266 Å². The molecule has 38 heavy (non-hydrogen) atoms. The molecule has 0 spiro atoms. The van der Waals surface area contributed by atoms with Crippen LogP contribution in [0, 0.1) is 0 Å². The number of β-lactam (4-membered cyclic amide) rings is 1. The molecule has 1 aromatic rings. The third-order valence-electron chi connectivity index (χ3n) is 5.53. The minimum atomic E-state index is -1.59. The number of amides is 3. The summed E-state index contributed by atoms with van der Waals surface area (Å²) >= 11 is 1.20. The topological polar surface area (TPSA) is 185 Å². The van der Waals surface area contributed by atoms with Gasteiger partial charge in [0.2, 0.25) is 5.91 Å². The molecule has 0 bridgehead atoms. The molecule has 0 aliphatic carbocycles. The third-order valence-corrected chi connectivity index (χ3v) is 6.87. The smallest absolute Gasteiger partial charge is 0.548 e. The van der Waals surface area contributed by atoms with Gasteiger partial charge in [-0.15, -0.1) is 11.8 Å². The summed E-state index contributed by atoms with van der Waals surface area (Å²) in [5.74, 6) is -5.30. The molecule has 1 saturated heterocycles. The van der Waals surface area contributed by atoms with Crippen LogP contribution in [0.1, 0.15) is 36.5 Å². The Hall–Kier alpha value is -1.87. The van der Waals surface area contributed by atoms with Crippen molar-refractivity contribution in [2.24, 2.45) is 0 Å². The van der Waals surface area contributed by atoms with Gasteiger partial charge in [-0.05, 0) is 25.0 Å². The van der Waals surface area contributed by atoms with Gasteiger partial charge in [-0.25, -0.2) is 0 Å². The Morgan fingerprint density at radius 1 is 1.13 bits per heavy atom. The summed E-state index contributed by atoms with van der Waals surface area (Å²) in [5, 5.41) is 27.2. The second kappa shape index (κ2) is 15.7. The van der Waals surface area contributed by atoms with E-state index >= 15 is 0 Å². The first-order valence-electron chi connectivity index (χ1n) is 11.0. The SMILES string of the molecule is CC(=O)OCC1=C(C(=O)[O-])N2C(=O)C(NC(=O)CCC[C@@H](NC(=O)c3ccccc3)C(=O)[O-])[C@H]2SC1.[Na+].[Na+]. The van der Waals surface area contributed by atoms with E-state index in [2.05, 4.69) is 10.6 Å². The number of thioether (sulfide) groups is 1. The maximum absolute atomic E-state index is 12.6. The van der Waals surface area contributed by atoms with Crippen molar-refractivity contribution in [2.75, 3.05) is 12.4 Å². The molecule has 3 rings (SSSR count). The predicted octanol–water partition coefficient (Wildman–Crippen LogP) is -8.32. The maximum atomic E-state index is 12.6. The molecule has 0 saturated carbocycles. The van der Waals surface area contributed by atoms with Crippen molar-refractivity contribution in [3.63, 3.8) is 0 Å². The molecule has 0 radical (unpaired) electrons. The van der Waals surface area contributed by atoms with Gasteiger partial charge in [-0.3, -0.25) is 24.1 Å². The van der Waals surface area contributed by atoms with Crippen molar-refractivity contribution in [1.82, 2.24) is 15.5 Å². The number of esters is 1. The predicted molar refractivity (Wildman–Crippen MR) is 120 cm³/mol. The van der Waals surface area contributed by atoms with E-state index < -0.39 is 53.1 Å². The molecule has 192 valence electrons. The largest absolute Gasteiger partial charge is 1.00 e. The Morgan fingerprint density at radius 2 is 1.79 bits per heavy atom. The monoisotopic (exact) mass is 563 g/mol. The molecular weight excluding hydrogens is 540 g/mol. The number of fused-ring (bicyclic) bond motifs is 1. The second-order valence-electron chi connectivity index (χ2n) is 8.08. The minimum absolute atomic E-state index is 0. The first-order chi connectivity index (χ1) is 17.1. The Balaban J connectivity index is 0.00000361. The van der Waals surface area contributed by atoms with E-state index in [1.807, 2.05) is 0 Å². The molecule has 15 heteroatoms. The van der Waals surface area contributed by atoms with Crippen molar-refractivity contribution < 1.29 is 103 Å². The Kier molecular flexibility index (Phi) is 14.1. The van der Waals surface area contributed by atoms with Gasteiger partial charge < -0.3 is 35.2 Å². The van der Waals surface area contributed by atoms with Crippen LogP contribution in [0.25, 0.3) is 0 Å². The van der Waals surface area contributed by atoms with Gasteiger partial charge in [0.05, 0.1) is 23.7 Å². The Morgan fingerprint density at radius 3 is 2.37 bits per heavy atom. The van der Waals surface area contributed by atoms with E-state index in [0.717, 1.165) is 4.90 Å². The average Bonchev–Trinajstić information content (AvgIpc) is 2.84. The molecule has 2 aliphatic rings. The van der Waals surface area contributed by atoms with Crippen LogP contribution in [-0.2, 0) is 28.7 Å². The number of hydrogen-bond donors (Lipinski definition) is 2. The first kappa shape index (κ1) is 34.2. The van der Waals surface area contributed by atoms with Gasteiger partial charge in [-0.1, -0.05) is 18.2 Å². The van der Waals surface area contributed by atoms with Crippen LogP contribution >= 0.6 is 11.8 Å². The molecule has 12 nitrogen and oxygen atoms in total. The van der Waals surface area contributed by atoms with Crippen molar-refractivity contribution in [2.45, 2.75) is 43.6 Å². The summed E-state index contributed by atoms with van der Waals surface area (Å²) in [5.41, 5.74) is 0.123. The molecule has 2 N–H and O–H groups in total. The molecule has 2 heterocycles. The van der Waals surface area contributed by atoms with Crippen molar-refractivity contribution in [3.05, 3.63) is 47.2 Å². The normalized spacial score (nSPS) is 18.4. The fourth-order valence-corrected chi connectivity index (χ4v) is 5.09. The van der Waals surface area contributed by atoms with Crippen LogP contribution in [0.5, 0.6) is 0 Å². The minimum Gasteiger partial charge on any atom is -0.548 e. The van der Waals surface area contributed by atoms with Gasteiger partial charge in [-0.2, -0.15) is 0 Å². The molecule has 1 fully saturated rings. The number of carboxylic acid groups (broad SMARTS) is 2. The number of ether oxygens (including phenoxy) is 1. The fourth-order valence-electron chi connectivity index (χ4n) is 3.76. The number of hydrogen-bond acceptors (Lipinski definition) is 10. The maximum Gasteiger partial charge on any atom is 1.00 e. The second-order valence-corrected chi connectivity index (χ2v) is 9.18. The van der Waals surface area contributed by atoms with Crippen LogP contribution in [0.4, 0.5) is 0 Å².